The minimum Gasteiger partial charge on any atom is -0.370 e. The quantitative estimate of drug-likeness (QED) is 0.846. The first kappa shape index (κ1) is 16.7. The van der Waals surface area contributed by atoms with Crippen LogP contribution in [0.25, 0.3) is 0 Å². The summed E-state index contributed by atoms with van der Waals surface area (Å²) in [5.74, 6) is 0.388. The summed E-state index contributed by atoms with van der Waals surface area (Å²) < 4.78 is 0. The van der Waals surface area contributed by atoms with Crippen molar-refractivity contribution in [2.24, 2.45) is 0 Å². The van der Waals surface area contributed by atoms with Crippen molar-refractivity contribution in [1.82, 2.24) is 15.2 Å². The number of aromatic nitrogens is 1. The van der Waals surface area contributed by atoms with E-state index in [0.717, 1.165) is 6.54 Å². The molecule has 0 fully saturated rings. The molecule has 20 heavy (non-hydrogen) atoms. The summed E-state index contributed by atoms with van der Waals surface area (Å²) in [4.78, 5) is 18.5. The number of hydrogen-bond donors (Lipinski definition) is 2. The molecule has 0 unspecified atom stereocenters. The van der Waals surface area contributed by atoms with E-state index in [2.05, 4.69) is 34.4 Å². The number of carbonyl (C=O) groups is 1. The SMILES string of the molecule is CCNc1ccc(Cl)c(C(=O)NCC(C)(C)N(C)C)n1. The molecule has 112 valence electrons. The Hall–Kier alpha value is -1.33. The van der Waals surface area contributed by atoms with Gasteiger partial charge in [0.2, 0.25) is 0 Å². The molecule has 1 aromatic rings. The number of hydrogen-bond acceptors (Lipinski definition) is 4. The average Bonchev–Trinajstić information content (AvgIpc) is 2.38. The molecule has 0 aliphatic rings. The van der Waals surface area contributed by atoms with E-state index >= 15 is 0 Å². The number of amides is 1. The Balaban J connectivity index is 2.79. The summed E-state index contributed by atoms with van der Waals surface area (Å²) >= 11 is 6.04. The third-order valence-electron chi connectivity index (χ3n) is 3.31. The number of halogens is 1. The van der Waals surface area contributed by atoms with Gasteiger partial charge in [0.1, 0.15) is 11.5 Å². The largest absolute Gasteiger partial charge is 0.370 e. The molecule has 0 radical (unpaired) electrons. The zero-order valence-electron chi connectivity index (χ0n) is 12.7. The molecule has 1 rings (SSSR count). The lowest BCUT2D eigenvalue weighted by Crippen LogP contribution is -2.48. The molecule has 0 aliphatic heterocycles. The van der Waals surface area contributed by atoms with Crippen LogP contribution < -0.4 is 10.6 Å². The average molecular weight is 299 g/mol. The van der Waals surface area contributed by atoms with Crippen LogP contribution in [0.15, 0.2) is 12.1 Å². The highest BCUT2D eigenvalue weighted by Gasteiger charge is 2.22. The minimum atomic E-state index is -0.260. The molecule has 2 N–H and O–H groups in total. The van der Waals surface area contributed by atoms with Crippen LogP contribution in [0.5, 0.6) is 0 Å². The van der Waals surface area contributed by atoms with E-state index in [9.17, 15) is 4.79 Å². The Morgan fingerprint density at radius 3 is 2.60 bits per heavy atom. The van der Waals surface area contributed by atoms with Crippen LogP contribution in [-0.2, 0) is 0 Å². The van der Waals surface area contributed by atoms with Crippen molar-refractivity contribution >= 4 is 23.3 Å². The topological polar surface area (TPSA) is 57.3 Å². The van der Waals surface area contributed by atoms with Gasteiger partial charge in [-0.05, 0) is 47.0 Å². The Morgan fingerprint density at radius 2 is 2.05 bits per heavy atom. The van der Waals surface area contributed by atoms with Gasteiger partial charge in [0.15, 0.2) is 0 Å². The van der Waals surface area contributed by atoms with E-state index in [1.54, 1.807) is 12.1 Å². The molecule has 0 spiro atoms. The smallest absolute Gasteiger partial charge is 0.271 e. The van der Waals surface area contributed by atoms with E-state index in [0.29, 0.717) is 17.4 Å². The fourth-order valence-corrected chi connectivity index (χ4v) is 1.61. The molecule has 0 saturated carbocycles. The lowest BCUT2D eigenvalue weighted by atomic mass is 10.0. The van der Waals surface area contributed by atoms with E-state index in [4.69, 9.17) is 11.6 Å². The molecule has 0 saturated heterocycles. The van der Waals surface area contributed by atoms with Crippen molar-refractivity contribution in [2.75, 3.05) is 32.5 Å². The second kappa shape index (κ2) is 6.90. The normalized spacial score (nSPS) is 11.6. The van der Waals surface area contributed by atoms with Crippen molar-refractivity contribution in [1.29, 1.82) is 0 Å². The molecule has 6 heteroatoms. The Morgan fingerprint density at radius 1 is 1.40 bits per heavy atom. The second-order valence-corrected chi connectivity index (χ2v) is 5.85. The number of likely N-dealkylation sites (N-methyl/N-ethyl adjacent to an activating group) is 1. The fraction of sp³-hybridized carbons (Fsp3) is 0.571. The predicted octanol–water partition coefficient (Wildman–Crippen LogP) is 2.24. The van der Waals surface area contributed by atoms with Crippen LogP contribution in [0.2, 0.25) is 5.02 Å². The van der Waals surface area contributed by atoms with E-state index in [1.165, 1.54) is 0 Å². The van der Waals surface area contributed by atoms with Crippen LogP contribution in [0, 0.1) is 0 Å². The Kier molecular flexibility index (Phi) is 5.77. The summed E-state index contributed by atoms with van der Waals surface area (Å²) in [6.45, 7) is 7.33. The van der Waals surface area contributed by atoms with Crippen molar-refractivity contribution < 1.29 is 4.79 Å². The number of nitrogens with one attached hydrogen (secondary N) is 2. The van der Waals surface area contributed by atoms with Crippen molar-refractivity contribution in [3.8, 4) is 0 Å². The second-order valence-electron chi connectivity index (χ2n) is 5.45. The van der Waals surface area contributed by atoms with Gasteiger partial charge in [0, 0.05) is 18.6 Å². The van der Waals surface area contributed by atoms with Gasteiger partial charge < -0.3 is 15.5 Å². The highest BCUT2D eigenvalue weighted by atomic mass is 35.5. The van der Waals surface area contributed by atoms with Gasteiger partial charge in [0.05, 0.1) is 5.02 Å². The molecule has 1 aromatic heterocycles. The summed E-state index contributed by atoms with van der Waals surface area (Å²) in [7, 11) is 3.95. The van der Waals surface area contributed by atoms with Crippen LogP contribution in [0.4, 0.5) is 5.82 Å². The van der Waals surface area contributed by atoms with E-state index in [-0.39, 0.29) is 17.1 Å². The van der Waals surface area contributed by atoms with Crippen LogP contribution in [0.1, 0.15) is 31.3 Å². The molecule has 0 bridgehead atoms. The molecule has 1 amide bonds. The minimum absolute atomic E-state index is 0.137. The third-order valence-corrected chi connectivity index (χ3v) is 3.62. The van der Waals surface area contributed by atoms with Gasteiger partial charge in [-0.15, -0.1) is 0 Å². The number of pyridine rings is 1. The van der Waals surface area contributed by atoms with Gasteiger partial charge in [-0.3, -0.25) is 4.79 Å². The summed E-state index contributed by atoms with van der Waals surface area (Å²) in [6.07, 6.45) is 0. The fourth-order valence-electron chi connectivity index (χ4n) is 1.42. The summed E-state index contributed by atoms with van der Waals surface area (Å²) in [5.41, 5.74) is 0.112. The van der Waals surface area contributed by atoms with E-state index in [1.807, 2.05) is 21.0 Å². The van der Waals surface area contributed by atoms with Crippen molar-refractivity contribution in [3.05, 3.63) is 22.8 Å². The van der Waals surface area contributed by atoms with Gasteiger partial charge in [-0.1, -0.05) is 11.6 Å². The summed E-state index contributed by atoms with van der Waals surface area (Å²) in [6, 6.07) is 3.44. The van der Waals surface area contributed by atoms with Crippen LogP contribution in [0.3, 0.4) is 0 Å². The third kappa shape index (κ3) is 4.35. The predicted molar refractivity (Wildman–Crippen MR) is 83.5 cm³/mol. The maximum Gasteiger partial charge on any atom is 0.271 e. The molecule has 5 nitrogen and oxygen atoms in total. The first-order chi connectivity index (χ1) is 9.27. The monoisotopic (exact) mass is 298 g/mol. The maximum absolute atomic E-state index is 12.2. The van der Waals surface area contributed by atoms with Gasteiger partial charge in [-0.25, -0.2) is 4.98 Å². The number of rotatable bonds is 6. The lowest BCUT2D eigenvalue weighted by Gasteiger charge is -2.32. The molecule has 0 atom stereocenters. The lowest BCUT2D eigenvalue weighted by molar-refractivity contribution is 0.0915. The van der Waals surface area contributed by atoms with Gasteiger partial charge in [0.25, 0.3) is 5.91 Å². The number of carbonyl (C=O) groups excluding carboxylic acids is 1. The zero-order valence-corrected chi connectivity index (χ0v) is 13.5. The first-order valence-electron chi connectivity index (χ1n) is 6.64. The molecule has 0 aliphatic carbocycles. The maximum atomic E-state index is 12.2. The highest BCUT2D eigenvalue weighted by molar-refractivity contribution is 6.33. The highest BCUT2D eigenvalue weighted by Crippen LogP contribution is 2.17. The van der Waals surface area contributed by atoms with Crippen molar-refractivity contribution in [3.63, 3.8) is 0 Å². The van der Waals surface area contributed by atoms with Gasteiger partial charge >= 0.3 is 0 Å². The molecule has 1 heterocycles. The molecular weight excluding hydrogens is 276 g/mol. The van der Waals surface area contributed by atoms with Crippen LogP contribution >= 0.6 is 11.6 Å². The van der Waals surface area contributed by atoms with Crippen LogP contribution in [-0.4, -0.2) is 48.5 Å². The number of nitrogens with zero attached hydrogens (tertiary/aromatic N) is 2. The van der Waals surface area contributed by atoms with Gasteiger partial charge in [-0.2, -0.15) is 0 Å². The van der Waals surface area contributed by atoms with Crippen molar-refractivity contribution in [2.45, 2.75) is 26.3 Å². The molecular formula is C14H23ClN4O. The Labute approximate surface area is 125 Å². The molecule has 0 aromatic carbocycles. The Bertz CT molecular complexity index is 474. The summed E-state index contributed by atoms with van der Waals surface area (Å²) in [5, 5.41) is 6.29. The first-order valence-corrected chi connectivity index (χ1v) is 7.01. The standard InChI is InChI=1S/C14H23ClN4O/c1-6-16-11-8-7-10(15)12(18-11)13(20)17-9-14(2,3)19(4)5/h7-8H,6,9H2,1-5H3,(H,16,18)(H,17,20). The number of anilines is 1. The zero-order chi connectivity index (χ0) is 15.3. The van der Waals surface area contributed by atoms with E-state index < -0.39 is 0 Å².